The van der Waals surface area contributed by atoms with E-state index in [2.05, 4.69) is 10.3 Å². The minimum atomic E-state index is -0.628. The lowest BCUT2D eigenvalue weighted by Gasteiger charge is -2.36. The van der Waals surface area contributed by atoms with Gasteiger partial charge in [0.15, 0.2) is 0 Å². The largest absolute Gasteiger partial charge is 0.347 e. The number of hydrogen-bond acceptors (Lipinski definition) is 4. The normalized spacial score (nSPS) is 14.7. The Hall–Kier alpha value is -3.80. The van der Waals surface area contributed by atoms with E-state index in [4.69, 9.17) is 0 Å². The molecule has 1 aliphatic heterocycles. The second kappa shape index (κ2) is 9.36. The van der Waals surface area contributed by atoms with Gasteiger partial charge in [-0.25, -0.2) is 0 Å². The molecule has 3 aromatic rings. The predicted octanol–water partition coefficient (Wildman–Crippen LogP) is 4.17. The molecule has 0 unspecified atom stereocenters. The van der Waals surface area contributed by atoms with Crippen LogP contribution in [0.1, 0.15) is 62.4 Å². The van der Waals surface area contributed by atoms with Crippen LogP contribution >= 0.6 is 0 Å². The van der Waals surface area contributed by atoms with E-state index >= 15 is 0 Å². The molecule has 33 heavy (non-hydrogen) atoms. The summed E-state index contributed by atoms with van der Waals surface area (Å²) in [6.45, 7) is 5.75. The lowest BCUT2D eigenvalue weighted by Crippen LogP contribution is -2.50. The Kier molecular flexibility index (Phi) is 6.36. The van der Waals surface area contributed by atoms with Crippen molar-refractivity contribution in [3.8, 4) is 0 Å². The van der Waals surface area contributed by atoms with Gasteiger partial charge < -0.3 is 5.32 Å². The van der Waals surface area contributed by atoms with E-state index in [1.807, 2.05) is 44.2 Å². The maximum absolute atomic E-state index is 13.5. The van der Waals surface area contributed by atoms with Crippen LogP contribution in [0.25, 0.3) is 0 Å². The first-order valence-electron chi connectivity index (χ1n) is 11.1. The van der Waals surface area contributed by atoms with Gasteiger partial charge >= 0.3 is 0 Å². The summed E-state index contributed by atoms with van der Waals surface area (Å²) < 4.78 is 0. The molecule has 1 aromatic heterocycles. The number of imide groups is 1. The second-order valence-corrected chi connectivity index (χ2v) is 8.36. The molecule has 0 saturated heterocycles. The van der Waals surface area contributed by atoms with Crippen molar-refractivity contribution < 1.29 is 14.4 Å². The fourth-order valence-corrected chi connectivity index (χ4v) is 4.58. The number of benzene rings is 2. The summed E-state index contributed by atoms with van der Waals surface area (Å²) in [5, 5.41) is 3.12. The molecule has 2 atom stereocenters. The summed E-state index contributed by atoms with van der Waals surface area (Å²) in [6.07, 6.45) is 4.07. The van der Waals surface area contributed by atoms with Crippen molar-refractivity contribution in [1.82, 2.24) is 15.2 Å². The third-order valence-corrected chi connectivity index (χ3v) is 6.20. The van der Waals surface area contributed by atoms with Gasteiger partial charge in [-0.1, -0.05) is 43.3 Å². The number of aromatic nitrogens is 1. The van der Waals surface area contributed by atoms with Gasteiger partial charge in [-0.15, -0.1) is 0 Å². The Bertz CT molecular complexity index is 1150. The zero-order valence-electron chi connectivity index (χ0n) is 19.0. The third kappa shape index (κ3) is 4.29. The molecule has 0 spiro atoms. The summed E-state index contributed by atoms with van der Waals surface area (Å²) in [4.78, 5) is 45.1. The SMILES string of the molecule is CCC(=O)N[C@H](c1c(C)cccc1C)[C@@H](Cc1cccnc1)N1C(=O)c2ccccc2C1=O. The molecule has 6 nitrogen and oxygen atoms in total. The van der Waals surface area contributed by atoms with Crippen molar-refractivity contribution in [3.05, 3.63) is 100 Å². The number of carbonyl (C=O) groups excluding carboxylic acids is 3. The number of aryl methyl sites for hydroxylation is 2. The monoisotopic (exact) mass is 441 g/mol. The van der Waals surface area contributed by atoms with Gasteiger partial charge in [-0.2, -0.15) is 0 Å². The molecule has 4 rings (SSSR count). The number of carbonyl (C=O) groups is 3. The van der Waals surface area contributed by atoms with E-state index in [9.17, 15) is 14.4 Å². The molecule has 0 fully saturated rings. The molecule has 2 aromatic carbocycles. The summed E-state index contributed by atoms with van der Waals surface area (Å²) in [5.74, 6) is -0.826. The smallest absolute Gasteiger partial charge is 0.261 e. The maximum atomic E-state index is 13.5. The van der Waals surface area contributed by atoms with Crippen LogP contribution in [0.2, 0.25) is 0 Å². The average molecular weight is 442 g/mol. The van der Waals surface area contributed by atoms with Crippen LogP contribution < -0.4 is 5.32 Å². The first-order chi connectivity index (χ1) is 15.9. The van der Waals surface area contributed by atoms with Crippen molar-refractivity contribution >= 4 is 17.7 Å². The quantitative estimate of drug-likeness (QED) is 0.558. The molecule has 168 valence electrons. The van der Waals surface area contributed by atoms with Gasteiger partial charge in [0, 0.05) is 18.8 Å². The first-order valence-corrected chi connectivity index (χ1v) is 11.1. The van der Waals surface area contributed by atoms with Crippen LogP contribution in [0.4, 0.5) is 0 Å². The average Bonchev–Trinajstić information content (AvgIpc) is 3.07. The number of rotatable bonds is 7. The minimum Gasteiger partial charge on any atom is -0.347 e. The molecule has 0 saturated carbocycles. The Morgan fingerprint density at radius 1 is 0.939 bits per heavy atom. The zero-order valence-corrected chi connectivity index (χ0v) is 19.0. The highest BCUT2D eigenvalue weighted by molar-refractivity contribution is 6.21. The molecular weight excluding hydrogens is 414 g/mol. The van der Waals surface area contributed by atoms with Crippen molar-refractivity contribution in [2.45, 2.75) is 45.7 Å². The third-order valence-electron chi connectivity index (χ3n) is 6.20. The number of fused-ring (bicyclic) bond motifs is 1. The van der Waals surface area contributed by atoms with Crippen LogP contribution in [0, 0.1) is 13.8 Å². The topological polar surface area (TPSA) is 79.4 Å². The van der Waals surface area contributed by atoms with Crippen molar-refractivity contribution in [3.63, 3.8) is 0 Å². The maximum Gasteiger partial charge on any atom is 0.261 e. The summed E-state index contributed by atoms with van der Waals surface area (Å²) in [6, 6.07) is 15.3. The van der Waals surface area contributed by atoms with E-state index in [0.717, 1.165) is 22.3 Å². The highest BCUT2D eigenvalue weighted by atomic mass is 16.2. The van der Waals surface area contributed by atoms with Gasteiger partial charge in [0.05, 0.1) is 23.2 Å². The molecular formula is C27H27N3O3. The summed E-state index contributed by atoms with van der Waals surface area (Å²) in [7, 11) is 0. The molecule has 6 heteroatoms. The molecule has 2 heterocycles. The van der Waals surface area contributed by atoms with E-state index in [1.165, 1.54) is 4.90 Å². The number of nitrogens with zero attached hydrogens (tertiary/aromatic N) is 2. The summed E-state index contributed by atoms with van der Waals surface area (Å²) >= 11 is 0. The lowest BCUT2D eigenvalue weighted by atomic mass is 9.87. The van der Waals surface area contributed by atoms with E-state index in [1.54, 1.807) is 43.6 Å². The number of amides is 3. The van der Waals surface area contributed by atoms with Gasteiger partial charge in [-0.3, -0.25) is 24.3 Å². The van der Waals surface area contributed by atoms with Gasteiger partial charge in [-0.05, 0) is 60.7 Å². The van der Waals surface area contributed by atoms with Crippen molar-refractivity contribution in [2.75, 3.05) is 0 Å². The van der Waals surface area contributed by atoms with Gasteiger partial charge in [0.25, 0.3) is 11.8 Å². The fourth-order valence-electron chi connectivity index (χ4n) is 4.58. The molecule has 3 amide bonds. The van der Waals surface area contributed by atoms with Crippen molar-refractivity contribution in [1.29, 1.82) is 0 Å². The van der Waals surface area contributed by atoms with Crippen LogP contribution in [-0.4, -0.2) is 33.6 Å². The standard InChI is InChI=1S/C27H27N3O3/c1-4-23(31)29-25(24-17(2)9-7-10-18(24)3)22(15-19-11-8-14-28-16-19)30-26(32)20-12-5-6-13-21(20)27(30)33/h5-14,16,22,25H,4,15H2,1-3H3,(H,29,31)/t22-,25+/m1/s1. The second-order valence-electron chi connectivity index (χ2n) is 8.36. The highest BCUT2D eigenvalue weighted by Gasteiger charge is 2.44. The molecule has 1 aliphatic rings. The Balaban J connectivity index is 1.87. The lowest BCUT2D eigenvalue weighted by molar-refractivity contribution is -0.122. The molecule has 1 N–H and O–H groups in total. The number of pyridine rings is 1. The molecule has 0 aliphatic carbocycles. The van der Waals surface area contributed by atoms with Crippen molar-refractivity contribution in [2.24, 2.45) is 0 Å². The van der Waals surface area contributed by atoms with Gasteiger partial charge in [0.1, 0.15) is 0 Å². The number of nitrogens with one attached hydrogen (secondary N) is 1. The molecule has 0 bridgehead atoms. The van der Waals surface area contributed by atoms with Gasteiger partial charge in [0.2, 0.25) is 5.91 Å². The van der Waals surface area contributed by atoms with E-state index in [0.29, 0.717) is 24.0 Å². The Morgan fingerprint density at radius 2 is 1.58 bits per heavy atom. The predicted molar refractivity (Wildman–Crippen MR) is 126 cm³/mol. The minimum absolute atomic E-state index is 0.143. The highest BCUT2D eigenvalue weighted by Crippen LogP contribution is 2.34. The Morgan fingerprint density at radius 3 is 2.12 bits per heavy atom. The first kappa shape index (κ1) is 22.4. The number of hydrogen-bond donors (Lipinski definition) is 1. The summed E-state index contributed by atoms with van der Waals surface area (Å²) in [5.41, 5.74) is 4.56. The van der Waals surface area contributed by atoms with Crippen LogP contribution in [0.5, 0.6) is 0 Å². The fraction of sp³-hybridized carbons (Fsp3) is 0.259. The van der Waals surface area contributed by atoms with E-state index in [-0.39, 0.29) is 17.7 Å². The van der Waals surface area contributed by atoms with E-state index < -0.39 is 12.1 Å². The Labute approximate surface area is 193 Å². The van der Waals surface area contributed by atoms with Crippen LogP contribution in [0.3, 0.4) is 0 Å². The zero-order chi connectivity index (χ0) is 23.5. The van der Waals surface area contributed by atoms with Crippen LogP contribution in [-0.2, 0) is 11.2 Å². The van der Waals surface area contributed by atoms with Crippen LogP contribution in [0.15, 0.2) is 67.0 Å². The molecule has 0 radical (unpaired) electrons.